The van der Waals surface area contributed by atoms with E-state index in [2.05, 4.69) is 28.7 Å². The summed E-state index contributed by atoms with van der Waals surface area (Å²) in [6, 6.07) is 8.22. The highest BCUT2D eigenvalue weighted by Gasteiger charge is 2.30. The Morgan fingerprint density at radius 1 is 1.33 bits per heavy atom. The van der Waals surface area contributed by atoms with Gasteiger partial charge in [0, 0.05) is 55.4 Å². The molecular formula is C19H23N3O2. The van der Waals surface area contributed by atoms with Crippen LogP contribution in [0.2, 0.25) is 0 Å². The molecule has 4 rings (SSSR count). The first-order valence-electron chi connectivity index (χ1n) is 8.50. The fourth-order valence-corrected chi connectivity index (χ4v) is 3.62. The van der Waals surface area contributed by atoms with Crippen molar-refractivity contribution in [2.45, 2.75) is 26.0 Å². The van der Waals surface area contributed by atoms with Crippen LogP contribution in [-0.4, -0.2) is 22.9 Å². The van der Waals surface area contributed by atoms with E-state index in [1.165, 1.54) is 16.5 Å². The summed E-state index contributed by atoms with van der Waals surface area (Å²) in [5, 5.41) is 9.07. The zero-order chi connectivity index (χ0) is 16.5. The molecule has 3 aromatic rings. The number of aromatic nitrogens is 2. The number of rotatable bonds is 5. The lowest BCUT2D eigenvalue weighted by atomic mass is 9.97. The van der Waals surface area contributed by atoms with Crippen LogP contribution in [0.1, 0.15) is 29.4 Å². The van der Waals surface area contributed by atoms with Gasteiger partial charge in [0.05, 0.1) is 12.3 Å². The second-order valence-electron chi connectivity index (χ2n) is 6.55. The van der Waals surface area contributed by atoms with E-state index in [9.17, 15) is 0 Å². The number of nitrogens with one attached hydrogen (secondary N) is 1. The fourth-order valence-electron chi connectivity index (χ4n) is 3.62. The third-order valence-electron chi connectivity index (χ3n) is 4.88. The normalized spacial score (nSPS) is 20.9. The van der Waals surface area contributed by atoms with Gasteiger partial charge in [-0.3, -0.25) is 4.68 Å². The van der Waals surface area contributed by atoms with Crippen molar-refractivity contribution in [3.8, 4) is 0 Å². The number of nitrogens with zero attached hydrogens (tertiary/aromatic N) is 2. The lowest BCUT2D eigenvalue weighted by Crippen LogP contribution is -2.24. The third kappa shape index (κ3) is 2.85. The molecule has 1 saturated heterocycles. The summed E-state index contributed by atoms with van der Waals surface area (Å²) in [6.45, 7) is 4.60. The molecule has 1 N–H and O–H groups in total. The molecule has 5 nitrogen and oxygen atoms in total. The Kier molecular flexibility index (Phi) is 4.12. The first-order chi connectivity index (χ1) is 11.7. The van der Waals surface area contributed by atoms with Crippen molar-refractivity contribution in [2.75, 3.05) is 13.2 Å². The van der Waals surface area contributed by atoms with E-state index in [1.54, 1.807) is 0 Å². The lowest BCUT2D eigenvalue weighted by molar-refractivity contribution is 0.0904. The van der Waals surface area contributed by atoms with Crippen molar-refractivity contribution in [2.24, 2.45) is 13.0 Å². The SMILES string of the molecule is Cc1oc2ccccc2c1CNC[C@@H]1CCO[C@H]1c1cnn(C)c1. The zero-order valence-electron chi connectivity index (χ0n) is 14.2. The van der Waals surface area contributed by atoms with Gasteiger partial charge in [0.1, 0.15) is 11.3 Å². The van der Waals surface area contributed by atoms with Gasteiger partial charge in [-0.1, -0.05) is 18.2 Å². The maximum absolute atomic E-state index is 5.93. The minimum Gasteiger partial charge on any atom is -0.461 e. The van der Waals surface area contributed by atoms with Crippen molar-refractivity contribution in [3.05, 3.63) is 53.5 Å². The molecule has 24 heavy (non-hydrogen) atoms. The number of aryl methyl sites for hydroxylation is 2. The summed E-state index contributed by atoms with van der Waals surface area (Å²) in [7, 11) is 1.94. The molecular weight excluding hydrogens is 302 g/mol. The van der Waals surface area contributed by atoms with Crippen molar-refractivity contribution in [3.63, 3.8) is 0 Å². The molecule has 0 spiro atoms. The average molecular weight is 325 g/mol. The van der Waals surface area contributed by atoms with Crippen LogP contribution in [0.15, 0.2) is 41.1 Å². The maximum atomic E-state index is 5.93. The van der Waals surface area contributed by atoms with E-state index in [4.69, 9.17) is 9.15 Å². The molecule has 1 aromatic carbocycles. The zero-order valence-corrected chi connectivity index (χ0v) is 14.2. The molecule has 1 fully saturated rings. The minimum atomic E-state index is 0.147. The predicted molar refractivity (Wildman–Crippen MR) is 92.7 cm³/mol. The summed E-state index contributed by atoms with van der Waals surface area (Å²) in [5.74, 6) is 1.47. The van der Waals surface area contributed by atoms with Gasteiger partial charge in [-0.2, -0.15) is 5.10 Å². The first-order valence-corrected chi connectivity index (χ1v) is 8.50. The molecule has 126 valence electrons. The van der Waals surface area contributed by atoms with E-state index in [0.29, 0.717) is 5.92 Å². The highest BCUT2D eigenvalue weighted by molar-refractivity contribution is 5.82. The van der Waals surface area contributed by atoms with Gasteiger partial charge in [0.2, 0.25) is 0 Å². The van der Waals surface area contributed by atoms with E-state index in [-0.39, 0.29) is 6.10 Å². The Balaban J connectivity index is 1.42. The van der Waals surface area contributed by atoms with Crippen LogP contribution in [0.3, 0.4) is 0 Å². The van der Waals surface area contributed by atoms with E-state index in [0.717, 1.165) is 37.5 Å². The van der Waals surface area contributed by atoms with Gasteiger partial charge in [-0.05, 0) is 19.4 Å². The number of furan rings is 1. The third-order valence-corrected chi connectivity index (χ3v) is 4.88. The van der Waals surface area contributed by atoms with Crippen molar-refractivity contribution in [1.82, 2.24) is 15.1 Å². The van der Waals surface area contributed by atoms with E-state index in [1.807, 2.05) is 37.0 Å². The average Bonchev–Trinajstić information content (AvgIpc) is 3.27. The molecule has 0 amide bonds. The number of benzene rings is 1. The second-order valence-corrected chi connectivity index (χ2v) is 6.55. The Hall–Kier alpha value is -2.11. The molecule has 3 heterocycles. The quantitative estimate of drug-likeness (QED) is 0.782. The number of para-hydroxylation sites is 1. The van der Waals surface area contributed by atoms with Gasteiger partial charge in [-0.25, -0.2) is 0 Å². The number of hydrogen-bond donors (Lipinski definition) is 1. The largest absolute Gasteiger partial charge is 0.461 e. The summed E-state index contributed by atoms with van der Waals surface area (Å²) in [5.41, 5.74) is 3.39. The summed E-state index contributed by atoms with van der Waals surface area (Å²) < 4.78 is 13.6. The van der Waals surface area contributed by atoms with Gasteiger partial charge in [0.25, 0.3) is 0 Å². The van der Waals surface area contributed by atoms with Crippen LogP contribution >= 0.6 is 0 Å². The lowest BCUT2D eigenvalue weighted by Gasteiger charge is -2.17. The molecule has 0 bridgehead atoms. The highest BCUT2D eigenvalue weighted by atomic mass is 16.5. The van der Waals surface area contributed by atoms with Crippen LogP contribution in [0.25, 0.3) is 11.0 Å². The van der Waals surface area contributed by atoms with E-state index < -0.39 is 0 Å². The highest BCUT2D eigenvalue weighted by Crippen LogP contribution is 2.34. The van der Waals surface area contributed by atoms with Crippen LogP contribution in [0.4, 0.5) is 0 Å². The molecule has 5 heteroatoms. The van der Waals surface area contributed by atoms with Gasteiger partial charge in [0.15, 0.2) is 0 Å². The molecule has 0 radical (unpaired) electrons. The van der Waals surface area contributed by atoms with Crippen LogP contribution in [-0.2, 0) is 18.3 Å². The number of ether oxygens (including phenoxy) is 1. The molecule has 2 aromatic heterocycles. The second kappa shape index (κ2) is 6.42. The smallest absolute Gasteiger partial charge is 0.134 e. The van der Waals surface area contributed by atoms with Crippen LogP contribution in [0, 0.1) is 12.8 Å². The van der Waals surface area contributed by atoms with E-state index >= 15 is 0 Å². The summed E-state index contributed by atoms with van der Waals surface area (Å²) in [4.78, 5) is 0. The van der Waals surface area contributed by atoms with Crippen molar-refractivity contribution >= 4 is 11.0 Å². The van der Waals surface area contributed by atoms with Gasteiger partial charge >= 0.3 is 0 Å². The maximum Gasteiger partial charge on any atom is 0.134 e. The fraction of sp³-hybridized carbons (Fsp3) is 0.421. The molecule has 0 saturated carbocycles. The molecule has 1 aliphatic heterocycles. The Bertz CT molecular complexity index is 836. The Morgan fingerprint density at radius 3 is 3.04 bits per heavy atom. The standard InChI is InChI=1S/C19H23N3O2/c1-13-17(16-5-3-4-6-18(16)24-13)11-20-9-14-7-8-23-19(14)15-10-21-22(2)12-15/h3-6,10,12,14,19-20H,7-9,11H2,1-2H3/t14-,19+/m0/s1. The summed E-state index contributed by atoms with van der Waals surface area (Å²) >= 11 is 0. The molecule has 0 aliphatic carbocycles. The number of fused-ring (bicyclic) bond motifs is 1. The first kappa shape index (κ1) is 15.4. The Labute approximate surface area is 141 Å². The minimum absolute atomic E-state index is 0.147. The Morgan fingerprint density at radius 2 is 2.21 bits per heavy atom. The van der Waals surface area contributed by atoms with Crippen molar-refractivity contribution in [1.29, 1.82) is 0 Å². The van der Waals surface area contributed by atoms with Crippen LogP contribution in [0.5, 0.6) is 0 Å². The monoisotopic (exact) mass is 325 g/mol. The molecule has 2 atom stereocenters. The van der Waals surface area contributed by atoms with Gasteiger partial charge < -0.3 is 14.5 Å². The predicted octanol–water partition coefficient (Wildman–Crippen LogP) is 3.34. The number of hydrogen-bond acceptors (Lipinski definition) is 4. The van der Waals surface area contributed by atoms with Crippen LogP contribution < -0.4 is 5.32 Å². The van der Waals surface area contributed by atoms with Crippen molar-refractivity contribution < 1.29 is 9.15 Å². The molecule has 0 unspecified atom stereocenters. The van der Waals surface area contributed by atoms with Gasteiger partial charge in [-0.15, -0.1) is 0 Å². The molecule has 1 aliphatic rings. The summed E-state index contributed by atoms with van der Waals surface area (Å²) in [6.07, 6.45) is 5.19. The topological polar surface area (TPSA) is 52.2 Å².